The molecule has 0 radical (unpaired) electrons. The molecule has 2 aromatic heterocycles. The minimum atomic E-state index is -0.994. The lowest BCUT2D eigenvalue weighted by Crippen LogP contribution is -2.16. The van der Waals surface area contributed by atoms with Gasteiger partial charge in [0.1, 0.15) is 6.33 Å². The molecule has 0 spiro atoms. The summed E-state index contributed by atoms with van der Waals surface area (Å²) in [5.41, 5.74) is 7.18. The molecule has 7 heteroatoms. The van der Waals surface area contributed by atoms with Crippen LogP contribution in [0.1, 0.15) is 47.2 Å². The summed E-state index contributed by atoms with van der Waals surface area (Å²) >= 11 is 0. The Morgan fingerprint density at radius 2 is 1.91 bits per heavy atom. The number of hydrogen-bond donors (Lipinski definition) is 2. The van der Waals surface area contributed by atoms with Gasteiger partial charge in [0.2, 0.25) is 5.95 Å². The topological polar surface area (TPSA) is 91.8 Å². The second-order valence-corrected chi connectivity index (χ2v) is 8.53. The summed E-state index contributed by atoms with van der Waals surface area (Å²) in [6, 6.07) is 13.3. The zero-order chi connectivity index (χ0) is 23.7. The third-order valence-electron chi connectivity index (χ3n) is 6.35. The number of carbonyl (C=O) groups is 1. The van der Waals surface area contributed by atoms with Crippen LogP contribution >= 0.6 is 0 Å². The summed E-state index contributed by atoms with van der Waals surface area (Å²) in [6.07, 6.45) is 9.33. The fourth-order valence-corrected chi connectivity index (χ4v) is 4.43. The van der Waals surface area contributed by atoms with Gasteiger partial charge >= 0.3 is 5.97 Å². The highest BCUT2D eigenvalue weighted by molar-refractivity contribution is 6.01. The Hall–Kier alpha value is -4.13. The number of hydrogen-bond acceptors (Lipinski definition) is 4. The van der Waals surface area contributed by atoms with Crippen molar-refractivity contribution in [3.8, 4) is 0 Å². The molecule has 4 aromatic rings. The average Bonchev–Trinajstić information content (AvgIpc) is 3.17. The number of aromatic amines is 1. The van der Waals surface area contributed by atoms with Crippen molar-refractivity contribution in [2.75, 3.05) is 0 Å². The maximum Gasteiger partial charge on any atom is 0.328 e. The van der Waals surface area contributed by atoms with Gasteiger partial charge in [-0.3, -0.25) is 5.10 Å². The molecule has 1 saturated carbocycles. The lowest BCUT2D eigenvalue weighted by Gasteiger charge is -2.31. The van der Waals surface area contributed by atoms with E-state index in [-0.39, 0.29) is 0 Å². The molecule has 2 N–H and O–H groups in total. The molecule has 0 unspecified atom stereocenters. The van der Waals surface area contributed by atoms with Gasteiger partial charge in [-0.2, -0.15) is 9.49 Å². The Kier molecular flexibility index (Phi) is 5.76. The highest BCUT2D eigenvalue weighted by Gasteiger charge is 2.29. The van der Waals surface area contributed by atoms with Gasteiger partial charge < -0.3 is 5.11 Å². The maximum atomic E-state index is 14.4. The van der Waals surface area contributed by atoms with Crippen molar-refractivity contribution in [1.29, 1.82) is 0 Å². The number of rotatable bonds is 6. The Morgan fingerprint density at radius 1 is 1.15 bits per heavy atom. The predicted molar refractivity (Wildman–Crippen MR) is 129 cm³/mol. The van der Waals surface area contributed by atoms with Crippen molar-refractivity contribution in [3.05, 3.63) is 95.0 Å². The number of allylic oxidation sites excluding steroid dienone is 1. The predicted octanol–water partition coefficient (Wildman–Crippen LogP) is 5.66. The summed E-state index contributed by atoms with van der Waals surface area (Å²) in [7, 11) is 0. The average molecular weight is 455 g/mol. The molecule has 2 aromatic carbocycles. The molecular weight excluding hydrogens is 431 g/mol. The van der Waals surface area contributed by atoms with Gasteiger partial charge in [-0.1, -0.05) is 36.8 Å². The van der Waals surface area contributed by atoms with Crippen molar-refractivity contribution in [3.63, 3.8) is 0 Å². The number of halogens is 1. The molecule has 0 amide bonds. The van der Waals surface area contributed by atoms with Crippen LogP contribution in [0.4, 0.5) is 4.39 Å². The lowest BCUT2D eigenvalue weighted by molar-refractivity contribution is -0.131. The molecule has 1 fully saturated rings. The highest BCUT2D eigenvalue weighted by atomic mass is 19.1. The van der Waals surface area contributed by atoms with Gasteiger partial charge in [-0.25, -0.2) is 14.8 Å². The first-order chi connectivity index (χ1) is 16.5. The number of aromatic nitrogens is 4. The molecule has 0 aliphatic heterocycles. The molecule has 6 nitrogen and oxygen atoms in total. The number of H-pyrrole nitrogens is 1. The highest BCUT2D eigenvalue weighted by Crippen LogP contribution is 2.45. The third-order valence-corrected chi connectivity index (χ3v) is 6.35. The van der Waals surface area contributed by atoms with Crippen LogP contribution in [-0.4, -0.2) is 31.2 Å². The monoisotopic (exact) mass is 454 g/mol. The molecule has 2 heterocycles. The summed E-state index contributed by atoms with van der Waals surface area (Å²) in [5.74, 6) is -1.12. The van der Waals surface area contributed by atoms with Gasteiger partial charge in [0.25, 0.3) is 0 Å². The van der Waals surface area contributed by atoms with Crippen LogP contribution in [0.2, 0.25) is 0 Å². The van der Waals surface area contributed by atoms with E-state index >= 15 is 0 Å². The molecular formula is C27H23FN4O2. The van der Waals surface area contributed by atoms with Gasteiger partial charge in [0, 0.05) is 12.3 Å². The van der Waals surface area contributed by atoms with Crippen molar-refractivity contribution in [1.82, 2.24) is 20.2 Å². The van der Waals surface area contributed by atoms with E-state index in [1.54, 1.807) is 12.4 Å². The number of fused-ring (bicyclic) bond motifs is 1. The standard InChI is InChI=1S/C27H23FN4O2/c1-16-14-29-15-30-26(16)25(18-3-2-4-18)24(19-8-5-17(6-9-19)7-12-23(33)34)20-10-11-22-21(13-20)27(28)32-31-22/h5-15,18H,2-4H2,1H3,(H,31,32)(H,33,34)/b12-7+,25-24+. The number of carboxylic acids is 1. The molecule has 0 saturated heterocycles. The van der Waals surface area contributed by atoms with Crippen LogP contribution in [0.3, 0.4) is 0 Å². The van der Waals surface area contributed by atoms with Crippen molar-refractivity contribution in [2.24, 2.45) is 5.92 Å². The van der Waals surface area contributed by atoms with E-state index in [1.165, 1.54) is 0 Å². The zero-order valence-corrected chi connectivity index (χ0v) is 18.6. The normalized spacial score (nSPS) is 14.9. The Bertz CT molecular complexity index is 1430. The third kappa shape index (κ3) is 4.12. The van der Waals surface area contributed by atoms with E-state index in [0.29, 0.717) is 16.8 Å². The summed E-state index contributed by atoms with van der Waals surface area (Å²) in [6.45, 7) is 2.00. The van der Waals surface area contributed by atoms with Gasteiger partial charge in [0.15, 0.2) is 0 Å². The van der Waals surface area contributed by atoms with E-state index in [2.05, 4.69) is 20.2 Å². The largest absolute Gasteiger partial charge is 0.478 e. The fraction of sp³-hybridized carbons (Fsp3) is 0.185. The maximum absolute atomic E-state index is 14.4. The summed E-state index contributed by atoms with van der Waals surface area (Å²) in [4.78, 5) is 19.7. The molecule has 0 atom stereocenters. The van der Waals surface area contributed by atoms with Crippen LogP contribution in [0.25, 0.3) is 28.1 Å². The minimum absolute atomic E-state index is 0.333. The second kappa shape index (κ2) is 9.02. The van der Waals surface area contributed by atoms with Crippen molar-refractivity contribution in [2.45, 2.75) is 26.2 Å². The Balaban J connectivity index is 1.76. The first kappa shape index (κ1) is 21.7. The number of aryl methyl sites for hydroxylation is 1. The Labute approximate surface area is 195 Å². The van der Waals surface area contributed by atoms with Gasteiger partial charge in [0.05, 0.1) is 16.6 Å². The quantitative estimate of drug-likeness (QED) is 0.367. The second-order valence-electron chi connectivity index (χ2n) is 8.53. The van der Waals surface area contributed by atoms with E-state index in [4.69, 9.17) is 5.11 Å². The number of carboxylic acid groups (broad SMARTS) is 1. The van der Waals surface area contributed by atoms with Crippen LogP contribution in [-0.2, 0) is 4.79 Å². The number of benzene rings is 2. The molecule has 0 bridgehead atoms. The molecule has 170 valence electrons. The molecule has 34 heavy (non-hydrogen) atoms. The molecule has 1 aliphatic carbocycles. The minimum Gasteiger partial charge on any atom is -0.478 e. The first-order valence-electron chi connectivity index (χ1n) is 11.2. The number of nitrogens with zero attached hydrogens (tertiary/aromatic N) is 3. The summed E-state index contributed by atoms with van der Waals surface area (Å²) < 4.78 is 14.4. The lowest BCUT2D eigenvalue weighted by atomic mass is 9.73. The molecule has 1 aliphatic rings. The fourth-order valence-electron chi connectivity index (χ4n) is 4.43. The molecule has 5 rings (SSSR count). The van der Waals surface area contributed by atoms with E-state index in [9.17, 15) is 9.18 Å². The van der Waals surface area contributed by atoms with Crippen LogP contribution in [0, 0.1) is 18.8 Å². The van der Waals surface area contributed by atoms with E-state index in [1.807, 2.05) is 55.6 Å². The summed E-state index contributed by atoms with van der Waals surface area (Å²) in [5, 5.41) is 15.8. The first-order valence-corrected chi connectivity index (χ1v) is 11.2. The van der Waals surface area contributed by atoms with E-state index < -0.39 is 11.9 Å². The van der Waals surface area contributed by atoms with E-state index in [0.717, 1.165) is 64.4 Å². The van der Waals surface area contributed by atoms with Crippen LogP contribution in [0.5, 0.6) is 0 Å². The van der Waals surface area contributed by atoms with Gasteiger partial charge in [-0.15, -0.1) is 0 Å². The van der Waals surface area contributed by atoms with Crippen molar-refractivity contribution >= 4 is 34.1 Å². The number of aliphatic carboxylic acids is 1. The number of nitrogens with one attached hydrogen (secondary N) is 1. The SMILES string of the molecule is Cc1cncnc1/C(=C(\c1ccc(/C=C/C(=O)O)cc1)c1ccc2n[nH]c(F)c2c1)C1CCC1. The van der Waals surface area contributed by atoms with Crippen molar-refractivity contribution < 1.29 is 14.3 Å². The zero-order valence-electron chi connectivity index (χ0n) is 18.6. The smallest absolute Gasteiger partial charge is 0.328 e. The Morgan fingerprint density at radius 3 is 2.59 bits per heavy atom. The van der Waals surface area contributed by atoms with Gasteiger partial charge in [-0.05, 0) is 77.3 Å². The van der Waals surface area contributed by atoms with Crippen LogP contribution in [0.15, 0.2) is 61.1 Å². The van der Waals surface area contributed by atoms with Crippen LogP contribution < -0.4 is 0 Å².